The number of hydrogen-bond acceptors (Lipinski definition) is 3. The third kappa shape index (κ3) is 2.44. The maximum absolute atomic E-state index is 12.2. The van der Waals surface area contributed by atoms with Crippen molar-refractivity contribution in [3.8, 4) is 5.75 Å². The molecular weight excluding hydrogens is 264 g/mol. The standard InChI is InChI=1S/C17H18N2O2/c1-21-15-8-4-7-14(16(15)18)17(20)19-10-12-9-11-5-2-3-6-13(11)12/h2-8,12H,9-10,18H2,1H3,(H,19,20). The number of fused-ring (bicyclic) bond motifs is 1. The van der Waals surface area contributed by atoms with Gasteiger partial charge in [-0.2, -0.15) is 0 Å². The third-order valence-corrected chi connectivity index (χ3v) is 4.00. The third-order valence-electron chi connectivity index (χ3n) is 4.00. The summed E-state index contributed by atoms with van der Waals surface area (Å²) in [6, 6.07) is 13.6. The molecule has 4 nitrogen and oxygen atoms in total. The molecule has 0 saturated carbocycles. The van der Waals surface area contributed by atoms with Gasteiger partial charge in [0.1, 0.15) is 5.75 Å². The molecule has 1 aliphatic carbocycles. The van der Waals surface area contributed by atoms with Crippen molar-refractivity contribution in [3.63, 3.8) is 0 Å². The molecule has 0 aliphatic heterocycles. The van der Waals surface area contributed by atoms with Crippen LogP contribution in [0.1, 0.15) is 27.4 Å². The van der Waals surface area contributed by atoms with Crippen LogP contribution < -0.4 is 15.8 Å². The number of ether oxygens (including phenoxy) is 1. The lowest BCUT2D eigenvalue weighted by atomic mass is 9.77. The van der Waals surface area contributed by atoms with Gasteiger partial charge in [0, 0.05) is 12.5 Å². The van der Waals surface area contributed by atoms with Crippen LogP contribution in [-0.2, 0) is 6.42 Å². The van der Waals surface area contributed by atoms with Gasteiger partial charge >= 0.3 is 0 Å². The van der Waals surface area contributed by atoms with Gasteiger partial charge in [-0.15, -0.1) is 0 Å². The first-order chi connectivity index (χ1) is 10.2. The molecule has 21 heavy (non-hydrogen) atoms. The maximum atomic E-state index is 12.2. The van der Waals surface area contributed by atoms with Crippen LogP contribution in [-0.4, -0.2) is 19.6 Å². The smallest absolute Gasteiger partial charge is 0.253 e. The summed E-state index contributed by atoms with van der Waals surface area (Å²) in [6.07, 6.45) is 1.02. The highest BCUT2D eigenvalue weighted by molar-refractivity contribution is 6.00. The highest BCUT2D eigenvalue weighted by Gasteiger charge is 2.26. The van der Waals surface area contributed by atoms with Crippen molar-refractivity contribution in [1.82, 2.24) is 5.32 Å². The van der Waals surface area contributed by atoms with Crippen LogP contribution in [0.3, 0.4) is 0 Å². The topological polar surface area (TPSA) is 64.3 Å². The van der Waals surface area contributed by atoms with Crippen molar-refractivity contribution in [3.05, 3.63) is 59.2 Å². The number of carbonyl (C=O) groups excluding carboxylic acids is 1. The lowest BCUT2D eigenvalue weighted by Gasteiger charge is -2.30. The Balaban J connectivity index is 1.66. The van der Waals surface area contributed by atoms with Crippen molar-refractivity contribution < 1.29 is 9.53 Å². The van der Waals surface area contributed by atoms with E-state index in [0.29, 0.717) is 29.5 Å². The minimum Gasteiger partial charge on any atom is -0.495 e. The van der Waals surface area contributed by atoms with Crippen molar-refractivity contribution in [2.75, 3.05) is 19.4 Å². The van der Waals surface area contributed by atoms with Gasteiger partial charge in [-0.1, -0.05) is 30.3 Å². The fourth-order valence-corrected chi connectivity index (χ4v) is 2.78. The molecule has 4 heteroatoms. The Hall–Kier alpha value is -2.49. The molecule has 1 atom stereocenters. The minimum absolute atomic E-state index is 0.157. The SMILES string of the molecule is COc1cccc(C(=O)NCC2Cc3ccccc32)c1N. The van der Waals surface area contributed by atoms with Gasteiger partial charge in [-0.3, -0.25) is 4.79 Å². The monoisotopic (exact) mass is 282 g/mol. The number of nitrogens with two attached hydrogens (primary N) is 1. The maximum Gasteiger partial charge on any atom is 0.253 e. The first kappa shape index (κ1) is 13.5. The molecule has 0 heterocycles. The molecule has 0 bridgehead atoms. The molecule has 1 unspecified atom stereocenters. The number of carbonyl (C=O) groups is 1. The molecule has 0 aromatic heterocycles. The van der Waals surface area contributed by atoms with Crippen molar-refractivity contribution in [1.29, 1.82) is 0 Å². The summed E-state index contributed by atoms with van der Waals surface area (Å²) in [7, 11) is 1.54. The Bertz CT molecular complexity index is 682. The predicted molar refractivity (Wildman–Crippen MR) is 82.6 cm³/mol. The van der Waals surface area contributed by atoms with Crippen LogP contribution in [0, 0.1) is 0 Å². The van der Waals surface area contributed by atoms with E-state index in [1.165, 1.54) is 11.1 Å². The second-order valence-electron chi connectivity index (χ2n) is 5.23. The van der Waals surface area contributed by atoms with Crippen molar-refractivity contribution >= 4 is 11.6 Å². The molecule has 2 aromatic carbocycles. The molecule has 2 aromatic rings. The minimum atomic E-state index is -0.157. The molecule has 3 N–H and O–H groups in total. The molecule has 0 spiro atoms. The Morgan fingerprint density at radius 1 is 1.29 bits per heavy atom. The summed E-state index contributed by atoms with van der Waals surface area (Å²) < 4.78 is 5.14. The van der Waals surface area contributed by atoms with E-state index in [2.05, 4.69) is 17.4 Å². The second kappa shape index (κ2) is 5.48. The summed E-state index contributed by atoms with van der Waals surface area (Å²) in [5, 5.41) is 2.96. The lowest BCUT2D eigenvalue weighted by Crippen LogP contribution is -2.33. The van der Waals surface area contributed by atoms with Gasteiger partial charge in [-0.25, -0.2) is 0 Å². The number of benzene rings is 2. The Morgan fingerprint density at radius 2 is 2.10 bits per heavy atom. The number of anilines is 1. The first-order valence-electron chi connectivity index (χ1n) is 6.99. The lowest BCUT2D eigenvalue weighted by molar-refractivity contribution is 0.0950. The summed E-state index contributed by atoms with van der Waals surface area (Å²) in [6.45, 7) is 0.631. The molecular formula is C17H18N2O2. The van der Waals surface area contributed by atoms with Crippen LogP contribution in [0.2, 0.25) is 0 Å². The predicted octanol–water partition coefficient (Wildman–Crippen LogP) is 2.35. The van der Waals surface area contributed by atoms with E-state index in [1.54, 1.807) is 25.3 Å². The second-order valence-corrected chi connectivity index (χ2v) is 5.23. The number of rotatable bonds is 4. The highest BCUT2D eigenvalue weighted by Crippen LogP contribution is 2.34. The van der Waals surface area contributed by atoms with Gasteiger partial charge in [-0.05, 0) is 29.7 Å². The first-order valence-corrected chi connectivity index (χ1v) is 6.99. The summed E-state index contributed by atoms with van der Waals surface area (Å²) in [5.41, 5.74) is 9.48. The molecule has 0 fully saturated rings. The van der Waals surface area contributed by atoms with Gasteiger partial charge in [0.2, 0.25) is 0 Å². The molecule has 0 saturated heterocycles. The van der Waals surface area contributed by atoms with E-state index in [-0.39, 0.29) is 5.91 Å². The van der Waals surface area contributed by atoms with Crippen LogP contribution in [0.15, 0.2) is 42.5 Å². The van der Waals surface area contributed by atoms with Crippen molar-refractivity contribution in [2.24, 2.45) is 0 Å². The Morgan fingerprint density at radius 3 is 2.86 bits per heavy atom. The quantitative estimate of drug-likeness (QED) is 0.846. The van der Waals surface area contributed by atoms with E-state index in [1.807, 2.05) is 12.1 Å². The number of amides is 1. The van der Waals surface area contributed by atoms with Crippen LogP contribution >= 0.6 is 0 Å². The van der Waals surface area contributed by atoms with Gasteiger partial charge < -0.3 is 15.8 Å². The fraction of sp³-hybridized carbons (Fsp3) is 0.235. The number of nitrogen functional groups attached to an aromatic ring is 1. The Labute approximate surface area is 123 Å². The zero-order chi connectivity index (χ0) is 14.8. The van der Waals surface area contributed by atoms with Gasteiger partial charge in [0.15, 0.2) is 0 Å². The number of methoxy groups -OCH3 is 1. The van der Waals surface area contributed by atoms with E-state index < -0.39 is 0 Å². The van der Waals surface area contributed by atoms with Crippen LogP contribution in [0.4, 0.5) is 5.69 Å². The van der Waals surface area contributed by atoms with E-state index >= 15 is 0 Å². The molecule has 108 valence electrons. The largest absolute Gasteiger partial charge is 0.495 e. The highest BCUT2D eigenvalue weighted by atomic mass is 16.5. The molecule has 3 rings (SSSR count). The summed E-state index contributed by atoms with van der Waals surface area (Å²) in [5.74, 6) is 0.768. The average Bonchev–Trinajstić information content (AvgIpc) is 2.48. The van der Waals surface area contributed by atoms with E-state index in [9.17, 15) is 4.79 Å². The van der Waals surface area contributed by atoms with Crippen LogP contribution in [0.5, 0.6) is 5.75 Å². The average molecular weight is 282 g/mol. The van der Waals surface area contributed by atoms with Crippen LogP contribution in [0.25, 0.3) is 0 Å². The summed E-state index contributed by atoms with van der Waals surface area (Å²) >= 11 is 0. The van der Waals surface area contributed by atoms with Gasteiger partial charge in [0.05, 0.1) is 18.4 Å². The van der Waals surface area contributed by atoms with E-state index in [4.69, 9.17) is 10.5 Å². The number of hydrogen-bond donors (Lipinski definition) is 2. The van der Waals surface area contributed by atoms with Crippen molar-refractivity contribution in [2.45, 2.75) is 12.3 Å². The molecule has 1 aliphatic rings. The Kier molecular flexibility index (Phi) is 3.52. The zero-order valence-corrected chi connectivity index (χ0v) is 11.9. The van der Waals surface area contributed by atoms with E-state index in [0.717, 1.165) is 6.42 Å². The fourth-order valence-electron chi connectivity index (χ4n) is 2.78. The van der Waals surface area contributed by atoms with Gasteiger partial charge in [0.25, 0.3) is 5.91 Å². The normalized spacial score (nSPS) is 15.8. The number of nitrogens with one attached hydrogen (secondary N) is 1. The molecule has 0 radical (unpaired) electrons. The zero-order valence-electron chi connectivity index (χ0n) is 11.9. The molecule has 1 amide bonds. The number of para-hydroxylation sites is 1. The summed E-state index contributed by atoms with van der Waals surface area (Å²) in [4.78, 5) is 12.2.